The number of H-pyrrole nitrogens is 1. The predicted molar refractivity (Wildman–Crippen MR) is 103 cm³/mol. The van der Waals surface area contributed by atoms with E-state index in [0.29, 0.717) is 44.0 Å². The highest BCUT2D eigenvalue weighted by molar-refractivity contribution is 6.17. The van der Waals surface area contributed by atoms with Crippen LogP contribution in [-0.2, 0) is 24.5 Å². The van der Waals surface area contributed by atoms with E-state index in [1.54, 1.807) is 31.0 Å². The second-order valence-corrected chi connectivity index (χ2v) is 8.32. The Labute approximate surface area is 165 Å². The number of rotatable bonds is 3. The molecule has 7 heteroatoms. The lowest BCUT2D eigenvalue weighted by Gasteiger charge is -2.32. The van der Waals surface area contributed by atoms with Gasteiger partial charge in [0.2, 0.25) is 5.91 Å². The Hall–Kier alpha value is -2.59. The fourth-order valence-corrected chi connectivity index (χ4v) is 3.79. The van der Waals surface area contributed by atoms with Crippen LogP contribution in [0.1, 0.15) is 57.5 Å². The van der Waals surface area contributed by atoms with Crippen molar-refractivity contribution in [1.82, 2.24) is 9.88 Å². The number of amides is 1. The first kappa shape index (κ1) is 20.2. The normalized spacial score (nSPS) is 19.4. The van der Waals surface area contributed by atoms with Crippen LogP contribution in [0.5, 0.6) is 0 Å². The van der Waals surface area contributed by atoms with Crippen molar-refractivity contribution in [3.05, 3.63) is 29.2 Å². The molecule has 0 unspecified atom stereocenters. The van der Waals surface area contributed by atoms with E-state index in [9.17, 15) is 14.9 Å². The van der Waals surface area contributed by atoms with E-state index >= 15 is 0 Å². The second kappa shape index (κ2) is 7.80. The molecule has 0 aliphatic carbocycles. The number of fused-ring (bicyclic) bond motifs is 1. The summed E-state index contributed by atoms with van der Waals surface area (Å²) in [6, 6.07) is 3.86. The molecule has 3 heterocycles. The Morgan fingerprint density at radius 3 is 2.64 bits per heavy atom. The Morgan fingerprint density at radius 2 is 2.04 bits per heavy atom. The lowest BCUT2D eigenvalue weighted by atomic mass is 9.83. The van der Waals surface area contributed by atoms with E-state index in [2.05, 4.69) is 11.1 Å². The summed E-state index contributed by atoms with van der Waals surface area (Å²) >= 11 is 0. The number of aromatic amines is 1. The molecule has 0 atom stereocenters. The average molecular weight is 385 g/mol. The highest BCUT2D eigenvalue weighted by Gasteiger charge is 2.38. The maximum Gasteiger partial charge on any atom is 0.342 e. The maximum absolute atomic E-state index is 13.2. The van der Waals surface area contributed by atoms with Gasteiger partial charge in [-0.3, -0.25) is 4.79 Å². The van der Waals surface area contributed by atoms with Gasteiger partial charge in [-0.1, -0.05) is 13.8 Å². The average Bonchev–Trinajstić information content (AvgIpc) is 3.05. The van der Waals surface area contributed by atoms with E-state index in [4.69, 9.17) is 9.47 Å². The van der Waals surface area contributed by atoms with E-state index < -0.39 is 11.4 Å². The number of carbonyl (C=O) groups excluding carboxylic acids is 2. The smallest absolute Gasteiger partial charge is 0.342 e. The van der Waals surface area contributed by atoms with E-state index in [1.807, 2.05) is 13.8 Å². The quantitative estimate of drug-likeness (QED) is 0.807. The molecule has 1 aromatic rings. The number of nitrogens with zero attached hydrogens (tertiary/aromatic N) is 2. The summed E-state index contributed by atoms with van der Waals surface area (Å²) in [5.41, 5.74) is 1.59. The highest BCUT2D eigenvalue weighted by atomic mass is 16.5. The highest BCUT2D eigenvalue weighted by Crippen LogP contribution is 2.37. The molecule has 0 bridgehead atoms. The van der Waals surface area contributed by atoms with Crippen LogP contribution in [0.15, 0.2) is 12.3 Å². The molecule has 0 radical (unpaired) electrons. The summed E-state index contributed by atoms with van der Waals surface area (Å²) in [5.74, 6) is -0.628. The first-order valence-corrected chi connectivity index (χ1v) is 9.68. The molecule has 0 saturated carbocycles. The van der Waals surface area contributed by atoms with Crippen molar-refractivity contribution in [2.24, 2.45) is 5.92 Å². The van der Waals surface area contributed by atoms with Crippen LogP contribution >= 0.6 is 0 Å². The fourth-order valence-electron chi connectivity index (χ4n) is 3.79. The van der Waals surface area contributed by atoms with Crippen molar-refractivity contribution in [3.63, 3.8) is 0 Å². The molecule has 0 aromatic carbocycles. The van der Waals surface area contributed by atoms with E-state index in [0.717, 1.165) is 5.56 Å². The third-order valence-corrected chi connectivity index (χ3v) is 5.20. The van der Waals surface area contributed by atoms with Gasteiger partial charge in [-0.2, -0.15) is 5.26 Å². The zero-order chi connectivity index (χ0) is 20.5. The molecule has 2 aliphatic rings. The molecule has 7 nitrogen and oxygen atoms in total. The van der Waals surface area contributed by atoms with Crippen molar-refractivity contribution in [2.75, 3.05) is 19.8 Å². The Morgan fingerprint density at radius 1 is 1.36 bits per heavy atom. The minimum Gasteiger partial charge on any atom is -0.459 e. The van der Waals surface area contributed by atoms with E-state index in [1.165, 1.54) is 0 Å². The number of nitrogens with one attached hydrogen (secondary N) is 1. The molecular formula is C21H27N3O4. The molecule has 1 saturated heterocycles. The van der Waals surface area contributed by atoms with Crippen molar-refractivity contribution < 1.29 is 19.1 Å². The lowest BCUT2D eigenvalue weighted by molar-refractivity contribution is -0.140. The van der Waals surface area contributed by atoms with Crippen molar-refractivity contribution in [1.29, 1.82) is 5.26 Å². The number of esters is 1. The van der Waals surface area contributed by atoms with Crippen molar-refractivity contribution in [2.45, 2.75) is 52.1 Å². The number of carbonyl (C=O) groups is 2. The SMILES string of the molecule is CC(C)OC(=O)C1=CN(C(=O)C2CCOCC2)CC(C)(C)c2cc(C#N)[nH]c21. The summed E-state index contributed by atoms with van der Waals surface area (Å²) in [6.07, 6.45) is 2.66. The van der Waals surface area contributed by atoms with Crippen LogP contribution in [0.25, 0.3) is 5.57 Å². The Bertz CT molecular complexity index is 838. The Kier molecular flexibility index (Phi) is 5.61. The van der Waals surface area contributed by atoms with Crippen LogP contribution in [0.2, 0.25) is 0 Å². The molecule has 1 fully saturated rings. The monoisotopic (exact) mass is 385 g/mol. The minimum absolute atomic E-state index is 0.00289. The van der Waals surface area contributed by atoms with Gasteiger partial charge in [0, 0.05) is 37.3 Å². The van der Waals surface area contributed by atoms with E-state index in [-0.39, 0.29) is 23.5 Å². The summed E-state index contributed by atoms with van der Waals surface area (Å²) in [5, 5.41) is 9.31. The number of nitriles is 1. The van der Waals surface area contributed by atoms with Crippen LogP contribution in [0, 0.1) is 17.2 Å². The molecule has 1 N–H and O–H groups in total. The van der Waals surface area contributed by atoms with Crippen LogP contribution in [0.4, 0.5) is 0 Å². The largest absolute Gasteiger partial charge is 0.459 e. The van der Waals surface area contributed by atoms with Crippen LogP contribution in [-0.4, -0.2) is 47.6 Å². The predicted octanol–water partition coefficient (Wildman–Crippen LogP) is 2.73. The van der Waals surface area contributed by atoms with Gasteiger partial charge in [-0.05, 0) is 38.3 Å². The lowest BCUT2D eigenvalue weighted by Crippen LogP contribution is -2.41. The van der Waals surface area contributed by atoms with Gasteiger partial charge < -0.3 is 19.4 Å². The zero-order valence-corrected chi connectivity index (χ0v) is 16.9. The number of aromatic nitrogens is 1. The second-order valence-electron chi connectivity index (χ2n) is 8.32. The Balaban J connectivity index is 2.05. The summed E-state index contributed by atoms with van der Waals surface area (Å²) in [7, 11) is 0. The standard InChI is InChI=1S/C21H27N3O4/c1-13(2)28-20(26)16-11-24(19(25)14-5-7-27-8-6-14)12-21(3,4)17-9-15(10-22)23-18(16)17/h9,11,13-14,23H,5-8,12H2,1-4H3. The van der Waals surface area contributed by atoms with Crippen LogP contribution in [0.3, 0.4) is 0 Å². The number of ether oxygens (including phenoxy) is 2. The van der Waals surface area contributed by atoms with Gasteiger partial charge in [-0.25, -0.2) is 4.79 Å². The van der Waals surface area contributed by atoms with Crippen molar-refractivity contribution >= 4 is 17.4 Å². The molecule has 0 spiro atoms. The molecule has 3 rings (SSSR count). The van der Waals surface area contributed by atoms with Crippen LogP contribution < -0.4 is 0 Å². The summed E-state index contributed by atoms with van der Waals surface area (Å²) in [6.45, 7) is 9.14. The van der Waals surface area contributed by atoms with Gasteiger partial charge in [0.05, 0.1) is 17.4 Å². The first-order chi connectivity index (χ1) is 13.2. The van der Waals surface area contributed by atoms with Gasteiger partial charge in [0.25, 0.3) is 0 Å². The molecular weight excluding hydrogens is 358 g/mol. The third kappa shape index (κ3) is 3.97. The maximum atomic E-state index is 13.2. The van der Waals surface area contributed by atoms with Gasteiger partial charge in [-0.15, -0.1) is 0 Å². The van der Waals surface area contributed by atoms with Gasteiger partial charge in [0.1, 0.15) is 11.8 Å². The first-order valence-electron chi connectivity index (χ1n) is 9.68. The van der Waals surface area contributed by atoms with Gasteiger partial charge in [0.15, 0.2) is 0 Å². The summed E-state index contributed by atoms with van der Waals surface area (Å²) in [4.78, 5) is 30.7. The van der Waals surface area contributed by atoms with Crippen molar-refractivity contribution in [3.8, 4) is 6.07 Å². The van der Waals surface area contributed by atoms with Gasteiger partial charge >= 0.3 is 5.97 Å². The summed E-state index contributed by atoms with van der Waals surface area (Å²) < 4.78 is 10.8. The fraction of sp³-hybridized carbons (Fsp3) is 0.571. The topological polar surface area (TPSA) is 95.4 Å². The number of hydrogen-bond acceptors (Lipinski definition) is 5. The minimum atomic E-state index is -0.509. The molecule has 28 heavy (non-hydrogen) atoms. The molecule has 1 aromatic heterocycles. The molecule has 1 amide bonds. The molecule has 2 aliphatic heterocycles. The number of hydrogen-bond donors (Lipinski definition) is 1. The zero-order valence-electron chi connectivity index (χ0n) is 16.9. The molecule has 150 valence electrons. The third-order valence-electron chi connectivity index (χ3n) is 5.20.